The molecule has 0 amide bonds. The molecule has 0 atom stereocenters. The van der Waals surface area contributed by atoms with Crippen LogP contribution in [0, 0.1) is 6.92 Å². The summed E-state index contributed by atoms with van der Waals surface area (Å²) >= 11 is 0. The number of carbonyl (C=O) groups excluding carboxylic acids is 1. The lowest BCUT2D eigenvalue weighted by Crippen LogP contribution is -2.28. The quantitative estimate of drug-likeness (QED) is 0.752. The highest BCUT2D eigenvalue weighted by atomic mass is 16.6. The molecule has 0 radical (unpaired) electrons. The first-order valence-electron chi connectivity index (χ1n) is 5.22. The Bertz CT molecular complexity index is 453. The minimum Gasteiger partial charge on any atom is -0.475 e. The van der Waals surface area contributed by atoms with Crippen LogP contribution in [0.25, 0.3) is 0 Å². The number of ether oxygens (including phenoxy) is 2. The first-order valence-corrected chi connectivity index (χ1v) is 5.22. The van der Waals surface area contributed by atoms with E-state index in [2.05, 4.69) is 0 Å². The molecule has 5 heteroatoms. The molecule has 0 aliphatic heterocycles. The second-order valence-electron chi connectivity index (χ2n) is 4.59. The molecule has 1 rings (SSSR count). The lowest BCUT2D eigenvalue weighted by Gasteiger charge is -2.19. The second kappa shape index (κ2) is 5.03. The SMILES string of the molecule is Cc1cc(=O)c(OCC(=O)OC(C)(C)C)co1. The van der Waals surface area contributed by atoms with Crippen LogP contribution in [0.5, 0.6) is 5.75 Å². The monoisotopic (exact) mass is 240 g/mol. The summed E-state index contributed by atoms with van der Waals surface area (Å²) in [5.74, 6) is -0.0430. The molecule has 0 aliphatic rings. The normalized spacial score (nSPS) is 11.1. The second-order valence-corrected chi connectivity index (χ2v) is 4.59. The average molecular weight is 240 g/mol. The van der Waals surface area contributed by atoms with Gasteiger partial charge in [-0.15, -0.1) is 0 Å². The van der Waals surface area contributed by atoms with E-state index in [-0.39, 0.29) is 17.8 Å². The van der Waals surface area contributed by atoms with Gasteiger partial charge < -0.3 is 13.9 Å². The zero-order valence-electron chi connectivity index (χ0n) is 10.4. The Morgan fingerprint density at radius 1 is 1.41 bits per heavy atom. The molecule has 0 aromatic carbocycles. The van der Waals surface area contributed by atoms with Crippen LogP contribution in [0.1, 0.15) is 26.5 Å². The summed E-state index contributed by atoms with van der Waals surface area (Å²) in [6.45, 7) is 6.60. The Balaban J connectivity index is 2.56. The van der Waals surface area contributed by atoms with E-state index < -0.39 is 11.6 Å². The maximum atomic E-state index is 11.4. The van der Waals surface area contributed by atoms with E-state index in [1.54, 1.807) is 27.7 Å². The summed E-state index contributed by atoms with van der Waals surface area (Å²) in [6, 6.07) is 1.30. The topological polar surface area (TPSA) is 65.7 Å². The van der Waals surface area contributed by atoms with Crippen molar-refractivity contribution < 1.29 is 18.7 Å². The molecule has 1 heterocycles. The van der Waals surface area contributed by atoms with Crippen molar-refractivity contribution in [2.75, 3.05) is 6.61 Å². The van der Waals surface area contributed by atoms with Crippen molar-refractivity contribution in [1.29, 1.82) is 0 Å². The van der Waals surface area contributed by atoms with Crippen molar-refractivity contribution in [1.82, 2.24) is 0 Å². The first kappa shape index (κ1) is 13.3. The van der Waals surface area contributed by atoms with E-state index in [0.717, 1.165) is 0 Å². The largest absolute Gasteiger partial charge is 0.475 e. The van der Waals surface area contributed by atoms with Gasteiger partial charge in [0.15, 0.2) is 6.61 Å². The highest BCUT2D eigenvalue weighted by molar-refractivity contribution is 5.71. The fourth-order valence-electron chi connectivity index (χ4n) is 1.11. The minimum atomic E-state index is -0.571. The van der Waals surface area contributed by atoms with Crippen molar-refractivity contribution in [2.24, 2.45) is 0 Å². The fourth-order valence-corrected chi connectivity index (χ4v) is 1.11. The van der Waals surface area contributed by atoms with Gasteiger partial charge in [-0.05, 0) is 27.7 Å². The third-order valence-electron chi connectivity index (χ3n) is 1.69. The first-order chi connectivity index (χ1) is 7.78. The summed E-state index contributed by atoms with van der Waals surface area (Å²) in [6.07, 6.45) is 1.18. The summed E-state index contributed by atoms with van der Waals surface area (Å²) in [4.78, 5) is 22.7. The molecule has 1 aromatic heterocycles. The van der Waals surface area contributed by atoms with E-state index in [9.17, 15) is 9.59 Å². The van der Waals surface area contributed by atoms with Gasteiger partial charge in [0.2, 0.25) is 11.2 Å². The fraction of sp³-hybridized carbons (Fsp3) is 0.500. The van der Waals surface area contributed by atoms with E-state index >= 15 is 0 Å². The number of hydrogen-bond acceptors (Lipinski definition) is 5. The molecule has 0 saturated carbocycles. The van der Waals surface area contributed by atoms with Crippen LogP contribution in [-0.2, 0) is 9.53 Å². The van der Waals surface area contributed by atoms with Crippen LogP contribution in [0.15, 0.2) is 21.5 Å². The van der Waals surface area contributed by atoms with Crippen LogP contribution in [-0.4, -0.2) is 18.2 Å². The predicted molar refractivity (Wildman–Crippen MR) is 61.1 cm³/mol. The van der Waals surface area contributed by atoms with Gasteiger partial charge in [-0.25, -0.2) is 4.79 Å². The smallest absolute Gasteiger partial charge is 0.344 e. The van der Waals surface area contributed by atoms with Crippen LogP contribution in [0.3, 0.4) is 0 Å². The van der Waals surface area contributed by atoms with Gasteiger partial charge in [-0.2, -0.15) is 0 Å². The van der Waals surface area contributed by atoms with E-state index in [1.807, 2.05) is 0 Å². The molecule has 17 heavy (non-hydrogen) atoms. The van der Waals surface area contributed by atoms with Gasteiger partial charge >= 0.3 is 5.97 Å². The van der Waals surface area contributed by atoms with Gasteiger partial charge in [-0.1, -0.05) is 0 Å². The number of esters is 1. The molecular weight excluding hydrogens is 224 g/mol. The molecule has 0 aliphatic carbocycles. The Labute approximate surface area is 99.3 Å². The Kier molecular flexibility index (Phi) is 3.93. The Morgan fingerprint density at radius 2 is 2.06 bits per heavy atom. The summed E-state index contributed by atoms with van der Waals surface area (Å²) in [5.41, 5.74) is -0.893. The van der Waals surface area contributed by atoms with Gasteiger partial charge in [0.25, 0.3) is 0 Å². The Morgan fingerprint density at radius 3 is 2.59 bits per heavy atom. The summed E-state index contributed by atoms with van der Waals surface area (Å²) in [7, 11) is 0. The zero-order valence-corrected chi connectivity index (χ0v) is 10.4. The van der Waals surface area contributed by atoms with Crippen LogP contribution in [0.4, 0.5) is 0 Å². The molecule has 0 N–H and O–H groups in total. The molecule has 0 saturated heterocycles. The maximum Gasteiger partial charge on any atom is 0.344 e. The lowest BCUT2D eigenvalue weighted by atomic mass is 10.2. The predicted octanol–water partition coefficient (Wildman–Crippen LogP) is 1.67. The molecule has 5 nitrogen and oxygen atoms in total. The number of hydrogen-bond donors (Lipinski definition) is 0. The molecule has 1 aromatic rings. The van der Waals surface area contributed by atoms with Crippen molar-refractivity contribution >= 4 is 5.97 Å². The van der Waals surface area contributed by atoms with Crippen LogP contribution in [0.2, 0.25) is 0 Å². The lowest BCUT2D eigenvalue weighted by molar-refractivity contribution is -0.157. The van der Waals surface area contributed by atoms with E-state index in [4.69, 9.17) is 13.9 Å². The van der Waals surface area contributed by atoms with Crippen molar-refractivity contribution in [2.45, 2.75) is 33.3 Å². The van der Waals surface area contributed by atoms with Crippen molar-refractivity contribution in [3.05, 3.63) is 28.3 Å². The van der Waals surface area contributed by atoms with Gasteiger partial charge in [0, 0.05) is 6.07 Å². The van der Waals surface area contributed by atoms with Gasteiger partial charge in [0.1, 0.15) is 17.6 Å². The highest BCUT2D eigenvalue weighted by Gasteiger charge is 2.17. The van der Waals surface area contributed by atoms with Gasteiger partial charge in [-0.3, -0.25) is 4.79 Å². The molecule has 94 valence electrons. The third kappa shape index (κ3) is 4.72. The molecule has 0 spiro atoms. The number of aryl methyl sites for hydroxylation is 1. The minimum absolute atomic E-state index is 0.00135. The third-order valence-corrected chi connectivity index (χ3v) is 1.69. The van der Waals surface area contributed by atoms with E-state index in [0.29, 0.717) is 5.76 Å². The van der Waals surface area contributed by atoms with Crippen LogP contribution < -0.4 is 10.2 Å². The molecule has 0 unspecified atom stereocenters. The number of rotatable bonds is 3. The average Bonchev–Trinajstić information content (AvgIpc) is 2.13. The number of carbonyl (C=O) groups is 1. The highest BCUT2D eigenvalue weighted by Crippen LogP contribution is 2.08. The summed E-state index contributed by atoms with van der Waals surface area (Å²) in [5, 5.41) is 0. The van der Waals surface area contributed by atoms with Crippen LogP contribution >= 0.6 is 0 Å². The summed E-state index contributed by atoms with van der Waals surface area (Å²) < 4.78 is 15.0. The van der Waals surface area contributed by atoms with E-state index in [1.165, 1.54) is 12.3 Å². The standard InChI is InChI=1S/C12H16O5/c1-8-5-9(13)10(6-15-8)16-7-11(14)17-12(2,3)4/h5-6H,7H2,1-4H3. The van der Waals surface area contributed by atoms with Crippen molar-refractivity contribution in [3.8, 4) is 5.75 Å². The molecular formula is C12H16O5. The van der Waals surface area contributed by atoms with Crippen molar-refractivity contribution in [3.63, 3.8) is 0 Å². The Hall–Kier alpha value is -1.78. The molecule has 0 fully saturated rings. The van der Waals surface area contributed by atoms with Gasteiger partial charge in [0.05, 0.1) is 0 Å². The molecule has 0 bridgehead atoms. The zero-order chi connectivity index (χ0) is 13.1. The maximum absolute atomic E-state index is 11.4.